The predicted molar refractivity (Wildman–Crippen MR) is 167 cm³/mol. The van der Waals surface area contributed by atoms with E-state index in [4.69, 9.17) is 11.5 Å². The monoisotopic (exact) mass is 512 g/mol. The van der Waals surface area contributed by atoms with Gasteiger partial charge in [0, 0.05) is 36.0 Å². The first-order valence-electron chi connectivity index (χ1n) is 13.6. The third-order valence-electron chi connectivity index (χ3n) is 7.35. The highest BCUT2D eigenvalue weighted by molar-refractivity contribution is 5.80. The molecular formula is C34H48N4. The second-order valence-corrected chi connectivity index (χ2v) is 11.2. The molecule has 0 spiro atoms. The lowest BCUT2D eigenvalue weighted by Crippen LogP contribution is -2.18. The van der Waals surface area contributed by atoms with Gasteiger partial charge in [-0.2, -0.15) is 0 Å². The Morgan fingerprint density at radius 3 is 1.39 bits per heavy atom. The fourth-order valence-electron chi connectivity index (χ4n) is 3.90. The van der Waals surface area contributed by atoms with E-state index in [1.165, 1.54) is 11.1 Å². The Labute approximate surface area is 231 Å². The van der Waals surface area contributed by atoms with Gasteiger partial charge in [0.2, 0.25) is 0 Å². The van der Waals surface area contributed by atoms with Crippen LogP contribution < -0.4 is 11.5 Å². The smallest absolute Gasteiger partial charge is 0.0649 e. The first-order valence-corrected chi connectivity index (χ1v) is 13.6. The zero-order valence-electron chi connectivity index (χ0n) is 23.9. The summed E-state index contributed by atoms with van der Waals surface area (Å²) in [6, 6.07) is 20.3. The molecule has 4 heteroatoms. The number of benzene rings is 2. The molecule has 0 aliphatic heterocycles. The molecular weight excluding hydrogens is 464 g/mol. The van der Waals surface area contributed by atoms with Gasteiger partial charge in [-0.1, -0.05) is 78.9 Å². The first kappa shape index (κ1) is 31.1. The van der Waals surface area contributed by atoms with Crippen LogP contribution in [0.15, 0.2) is 109 Å². The Hall–Kier alpha value is -3.08. The van der Waals surface area contributed by atoms with Crippen LogP contribution in [0.4, 0.5) is 0 Å². The molecule has 3 aliphatic rings. The first-order chi connectivity index (χ1) is 18.0. The van der Waals surface area contributed by atoms with Gasteiger partial charge < -0.3 is 11.5 Å². The molecule has 0 heterocycles. The lowest BCUT2D eigenvalue weighted by Gasteiger charge is -2.01. The van der Waals surface area contributed by atoms with Gasteiger partial charge in [-0.15, -0.1) is 19.7 Å². The normalized spacial score (nSPS) is 31.9. The Morgan fingerprint density at radius 1 is 0.711 bits per heavy atom. The van der Waals surface area contributed by atoms with Gasteiger partial charge in [0.05, 0.1) is 5.54 Å². The van der Waals surface area contributed by atoms with Crippen molar-refractivity contribution >= 4 is 12.4 Å². The number of hydrogen-bond acceptors (Lipinski definition) is 4. The van der Waals surface area contributed by atoms with Gasteiger partial charge in [-0.3, -0.25) is 9.98 Å². The van der Waals surface area contributed by atoms with E-state index < -0.39 is 0 Å². The maximum Gasteiger partial charge on any atom is 0.0649 e. The molecule has 4 N–H and O–H groups in total. The lowest BCUT2D eigenvalue weighted by molar-refractivity contribution is 0.716. The summed E-state index contributed by atoms with van der Waals surface area (Å²) in [4.78, 5) is 8.71. The van der Waals surface area contributed by atoms with Crippen LogP contribution in [0.2, 0.25) is 0 Å². The molecule has 3 fully saturated rings. The molecule has 3 aliphatic carbocycles. The van der Waals surface area contributed by atoms with E-state index in [0.717, 1.165) is 25.8 Å². The van der Waals surface area contributed by atoms with Crippen molar-refractivity contribution in [1.82, 2.24) is 0 Å². The zero-order valence-corrected chi connectivity index (χ0v) is 23.9. The number of aliphatic imine (C=N–C) groups is 2. The predicted octanol–water partition coefficient (Wildman–Crippen LogP) is 7.01. The minimum atomic E-state index is 0.0990. The average Bonchev–Trinajstić information content (AvgIpc) is 3.87. The van der Waals surface area contributed by atoms with Crippen molar-refractivity contribution < 1.29 is 0 Å². The number of rotatable bonds is 7. The van der Waals surface area contributed by atoms with Crippen LogP contribution in [-0.2, 0) is 0 Å². The largest absolute Gasteiger partial charge is 0.325 e. The quantitative estimate of drug-likeness (QED) is 0.309. The summed E-state index contributed by atoms with van der Waals surface area (Å²) in [5.41, 5.74) is 14.0. The lowest BCUT2D eigenvalue weighted by atomic mass is 10.2. The second-order valence-electron chi connectivity index (χ2n) is 11.2. The van der Waals surface area contributed by atoms with E-state index in [1.54, 1.807) is 0 Å². The molecule has 5 rings (SSSR count). The highest BCUT2D eigenvalue weighted by atomic mass is 14.9. The molecule has 0 radical (unpaired) electrons. The summed E-state index contributed by atoms with van der Waals surface area (Å²) in [6.07, 6.45) is 13.1. The molecule has 0 saturated heterocycles. The summed E-state index contributed by atoms with van der Waals surface area (Å²) in [7, 11) is 0. The molecule has 38 heavy (non-hydrogen) atoms. The van der Waals surface area contributed by atoms with E-state index in [9.17, 15) is 0 Å². The molecule has 0 amide bonds. The minimum Gasteiger partial charge on any atom is -0.325 e. The van der Waals surface area contributed by atoms with E-state index >= 15 is 0 Å². The van der Waals surface area contributed by atoms with Crippen LogP contribution in [-0.4, -0.2) is 35.6 Å². The van der Waals surface area contributed by atoms with Crippen LogP contribution in [0.1, 0.15) is 58.1 Å². The molecule has 0 aromatic heterocycles. The SMILES string of the molecule is C=CC1CC1(C)N.C=CC1CC1(C)N=Cc1ccccc1.C=C[C@@H]1C[C@@]1(C)N.CCN=Cc1ccccc1. The van der Waals surface area contributed by atoms with Crippen molar-refractivity contribution in [3.05, 3.63) is 110 Å². The Bertz CT molecular complexity index is 1040. The fraction of sp³-hybridized carbons (Fsp3) is 0.412. The highest BCUT2D eigenvalue weighted by Gasteiger charge is 2.47. The summed E-state index contributed by atoms with van der Waals surface area (Å²) in [6.45, 7) is 20.2. The van der Waals surface area contributed by atoms with Crippen molar-refractivity contribution in [2.45, 2.75) is 63.6 Å². The van der Waals surface area contributed by atoms with Crippen LogP contribution in [0.25, 0.3) is 0 Å². The van der Waals surface area contributed by atoms with Crippen molar-refractivity contribution in [3.8, 4) is 0 Å². The van der Waals surface area contributed by atoms with Gasteiger partial charge in [-0.05, 0) is 69.9 Å². The topological polar surface area (TPSA) is 76.8 Å². The van der Waals surface area contributed by atoms with Crippen molar-refractivity contribution in [2.24, 2.45) is 39.2 Å². The van der Waals surface area contributed by atoms with Crippen molar-refractivity contribution in [2.75, 3.05) is 6.54 Å². The summed E-state index contributed by atoms with van der Waals surface area (Å²) >= 11 is 0. The van der Waals surface area contributed by atoms with Gasteiger partial charge in [-0.25, -0.2) is 0 Å². The highest BCUT2D eigenvalue weighted by Crippen LogP contribution is 2.47. The summed E-state index contributed by atoms with van der Waals surface area (Å²) in [5.74, 6) is 1.75. The van der Waals surface area contributed by atoms with E-state index in [1.807, 2.05) is 86.1 Å². The Balaban J connectivity index is 0.000000186. The van der Waals surface area contributed by atoms with Crippen LogP contribution >= 0.6 is 0 Å². The summed E-state index contributed by atoms with van der Waals surface area (Å²) in [5, 5.41) is 0. The fourth-order valence-corrected chi connectivity index (χ4v) is 3.90. The molecule has 2 aromatic rings. The van der Waals surface area contributed by atoms with Crippen LogP contribution in [0, 0.1) is 17.8 Å². The minimum absolute atomic E-state index is 0.0990. The van der Waals surface area contributed by atoms with Crippen LogP contribution in [0.3, 0.4) is 0 Å². The second kappa shape index (κ2) is 14.2. The van der Waals surface area contributed by atoms with E-state index in [-0.39, 0.29) is 16.6 Å². The molecule has 6 atom stereocenters. The zero-order chi connectivity index (χ0) is 28.2. The van der Waals surface area contributed by atoms with E-state index in [2.05, 4.69) is 62.6 Å². The Kier molecular flexibility index (Phi) is 11.6. The molecule has 2 aromatic carbocycles. The van der Waals surface area contributed by atoms with Crippen molar-refractivity contribution in [3.63, 3.8) is 0 Å². The molecule has 204 valence electrons. The number of nitrogens with two attached hydrogens (primary N) is 2. The molecule has 4 unspecified atom stereocenters. The van der Waals surface area contributed by atoms with Gasteiger partial charge in [0.15, 0.2) is 0 Å². The molecule has 4 nitrogen and oxygen atoms in total. The average molecular weight is 513 g/mol. The maximum absolute atomic E-state index is 5.65. The maximum atomic E-state index is 5.65. The Morgan fingerprint density at radius 2 is 1.11 bits per heavy atom. The molecule has 3 saturated carbocycles. The third kappa shape index (κ3) is 10.7. The van der Waals surface area contributed by atoms with E-state index in [0.29, 0.717) is 17.8 Å². The van der Waals surface area contributed by atoms with Crippen molar-refractivity contribution in [1.29, 1.82) is 0 Å². The van der Waals surface area contributed by atoms with Gasteiger partial charge in [0.25, 0.3) is 0 Å². The number of nitrogens with zero attached hydrogens (tertiary/aromatic N) is 2. The van der Waals surface area contributed by atoms with Gasteiger partial charge >= 0.3 is 0 Å². The van der Waals surface area contributed by atoms with Crippen LogP contribution in [0.5, 0.6) is 0 Å². The summed E-state index contributed by atoms with van der Waals surface area (Å²) < 4.78 is 0. The van der Waals surface area contributed by atoms with Gasteiger partial charge in [0.1, 0.15) is 0 Å². The molecule has 0 bridgehead atoms. The standard InChI is InChI=1S/C13H15N.C9H11N.2C6H11N/c1-3-12-9-13(12,2)14-10-11-7-5-4-6-8-11;1-2-10-8-9-6-4-3-5-7-9;2*1-3-5-4-6(5,2)7/h3-8,10,12H,1,9H2,2H3;3-8H,2H2,1H3;2*3,5H,1,4,7H2,2H3/t;;5-,6-;/m..1./s1. The third-order valence-corrected chi connectivity index (χ3v) is 7.35. The number of hydrogen-bond donors (Lipinski definition) is 2.